The Morgan fingerprint density at radius 2 is 2.33 bits per heavy atom. The van der Waals surface area contributed by atoms with Crippen molar-refractivity contribution in [2.24, 2.45) is 5.73 Å². The van der Waals surface area contributed by atoms with Gasteiger partial charge in [-0.2, -0.15) is 0 Å². The first-order valence-electron chi connectivity index (χ1n) is 4.70. The quantitative estimate of drug-likeness (QED) is 0.906. The molecule has 0 aliphatic heterocycles. The second kappa shape index (κ2) is 4.78. The normalized spacial score (nSPS) is 13.0. The second-order valence-electron chi connectivity index (χ2n) is 3.50. The smallest absolute Gasteiger partial charge is 0.0731 e. The van der Waals surface area contributed by atoms with Gasteiger partial charge in [-0.3, -0.25) is 0 Å². The molecule has 0 spiro atoms. The summed E-state index contributed by atoms with van der Waals surface area (Å²) in [7, 11) is 0. The molecule has 0 fully saturated rings. The minimum absolute atomic E-state index is 0.124. The molecule has 0 aromatic carbocycles. The molecule has 2 N–H and O–H groups in total. The van der Waals surface area contributed by atoms with Gasteiger partial charge in [0, 0.05) is 22.2 Å². The highest BCUT2D eigenvalue weighted by Gasteiger charge is 2.12. The van der Waals surface area contributed by atoms with E-state index in [1.807, 2.05) is 0 Å². The molecule has 1 atom stereocenters. The first-order valence-corrected chi connectivity index (χ1v) is 7.19. The number of halogens is 1. The number of thiophene rings is 2. The van der Waals surface area contributed by atoms with E-state index >= 15 is 0 Å². The molecule has 1 nitrogen and oxygen atoms in total. The lowest BCUT2D eigenvalue weighted by Gasteiger charge is -2.06. The molecule has 80 valence electrons. The molecule has 0 saturated carbocycles. The average molecular weight is 302 g/mol. The Labute approximate surface area is 106 Å². The molecule has 2 aromatic rings. The number of nitrogens with two attached hydrogens (primary N) is 1. The Morgan fingerprint density at radius 1 is 1.53 bits per heavy atom. The van der Waals surface area contributed by atoms with Crippen LogP contribution < -0.4 is 5.73 Å². The van der Waals surface area contributed by atoms with Crippen molar-refractivity contribution in [3.05, 3.63) is 42.7 Å². The van der Waals surface area contributed by atoms with Crippen LogP contribution in [0.15, 0.2) is 27.4 Å². The molecule has 2 heterocycles. The highest BCUT2D eigenvalue weighted by Crippen LogP contribution is 2.32. The first kappa shape index (κ1) is 11.3. The summed E-state index contributed by atoms with van der Waals surface area (Å²) in [6.45, 7) is 2.10. The van der Waals surface area contributed by atoms with E-state index in [2.05, 4.69) is 46.4 Å². The van der Waals surface area contributed by atoms with Gasteiger partial charge in [0.2, 0.25) is 0 Å². The highest BCUT2D eigenvalue weighted by atomic mass is 79.9. The van der Waals surface area contributed by atoms with Gasteiger partial charge in [-0.15, -0.1) is 22.7 Å². The van der Waals surface area contributed by atoms with Crippen LogP contribution in [-0.2, 0) is 6.42 Å². The summed E-state index contributed by atoms with van der Waals surface area (Å²) < 4.78 is 1.19. The Hall–Kier alpha value is -0.160. The monoisotopic (exact) mass is 301 g/mol. The molecule has 0 radical (unpaired) electrons. The molecule has 1 unspecified atom stereocenters. The summed E-state index contributed by atoms with van der Waals surface area (Å²) in [5.74, 6) is 0. The van der Waals surface area contributed by atoms with Crippen LogP contribution in [0.5, 0.6) is 0 Å². The van der Waals surface area contributed by atoms with E-state index in [0.29, 0.717) is 0 Å². The molecule has 2 rings (SSSR count). The number of hydrogen-bond acceptors (Lipinski definition) is 3. The summed E-state index contributed by atoms with van der Waals surface area (Å²) in [5, 5.41) is 2.09. The van der Waals surface area contributed by atoms with Crippen molar-refractivity contribution in [2.75, 3.05) is 0 Å². The molecule has 0 aliphatic rings. The van der Waals surface area contributed by atoms with Gasteiger partial charge in [-0.25, -0.2) is 0 Å². The van der Waals surface area contributed by atoms with Crippen LogP contribution in [0.1, 0.15) is 21.4 Å². The lowest BCUT2D eigenvalue weighted by molar-refractivity contribution is 0.745. The van der Waals surface area contributed by atoms with Crippen LogP contribution >= 0.6 is 38.6 Å². The van der Waals surface area contributed by atoms with Crippen molar-refractivity contribution in [1.82, 2.24) is 0 Å². The first-order chi connectivity index (χ1) is 7.16. The Bertz CT molecular complexity index is 414. The third kappa shape index (κ3) is 2.69. The molecular formula is C11H12BrNS2. The van der Waals surface area contributed by atoms with Gasteiger partial charge in [0.1, 0.15) is 0 Å². The third-order valence-electron chi connectivity index (χ3n) is 2.24. The van der Waals surface area contributed by atoms with Crippen molar-refractivity contribution >= 4 is 38.6 Å². The number of aryl methyl sites for hydroxylation is 1. The topological polar surface area (TPSA) is 26.0 Å². The fourth-order valence-corrected chi connectivity index (χ4v) is 3.75. The van der Waals surface area contributed by atoms with E-state index in [-0.39, 0.29) is 6.04 Å². The lowest BCUT2D eigenvalue weighted by atomic mass is 10.1. The number of rotatable bonds is 3. The van der Waals surface area contributed by atoms with E-state index in [1.54, 1.807) is 22.7 Å². The molecule has 0 amide bonds. The van der Waals surface area contributed by atoms with E-state index in [1.165, 1.54) is 19.1 Å². The zero-order valence-electron chi connectivity index (χ0n) is 8.37. The minimum Gasteiger partial charge on any atom is -0.323 e. The standard InChI is InChI=1S/C11H12BrNS2/c1-7-5-10(15-11(7)12)9(13)6-8-3-2-4-14-8/h2-5,9H,6,13H2,1H3. The van der Waals surface area contributed by atoms with Gasteiger partial charge >= 0.3 is 0 Å². The summed E-state index contributed by atoms with van der Waals surface area (Å²) in [6.07, 6.45) is 0.935. The lowest BCUT2D eigenvalue weighted by Crippen LogP contribution is -2.10. The average Bonchev–Trinajstić information content (AvgIpc) is 2.78. The van der Waals surface area contributed by atoms with E-state index in [4.69, 9.17) is 5.73 Å². The summed E-state index contributed by atoms with van der Waals surface area (Å²) in [5.41, 5.74) is 7.44. The van der Waals surface area contributed by atoms with Crippen molar-refractivity contribution in [2.45, 2.75) is 19.4 Å². The highest BCUT2D eigenvalue weighted by molar-refractivity contribution is 9.11. The van der Waals surface area contributed by atoms with Crippen molar-refractivity contribution in [1.29, 1.82) is 0 Å². The van der Waals surface area contributed by atoms with Crippen molar-refractivity contribution in [3.8, 4) is 0 Å². The molecule has 2 aromatic heterocycles. The van der Waals surface area contributed by atoms with Gasteiger partial charge in [0.05, 0.1) is 3.79 Å². The molecule has 15 heavy (non-hydrogen) atoms. The van der Waals surface area contributed by atoms with Gasteiger partial charge in [-0.05, 0) is 45.9 Å². The van der Waals surface area contributed by atoms with Gasteiger partial charge in [0.25, 0.3) is 0 Å². The van der Waals surface area contributed by atoms with Gasteiger partial charge < -0.3 is 5.73 Å². The van der Waals surface area contributed by atoms with Gasteiger partial charge in [0.15, 0.2) is 0 Å². The van der Waals surface area contributed by atoms with Crippen LogP contribution in [0.25, 0.3) is 0 Å². The summed E-state index contributed by atoms with van der Waals surface area (Å²) in [4.78, 5) is 2.61. The van der Waals surface area contributed by atoms with Crippen LogP contribution in [0.3, 0.4) is 0 Å². The maximum absolute atomic E-state index is 6.16. The van der Waals surface area contributed by atoms with Crippen LogP contribution in [-0.4, -0.2) is 0 Å². The fraction of sp³-hybridized carbons (Fsp3) is 0.273. The molecule has 4 heteroatoms. The Morgan fingerprint density at radius 3 is 2.87 bits per heavy atom. The van der Waals surface area contributed by atoms with Crippen LogP contribution in [0.4, 0.5) is 0 Å². The van der Waals surface area contributed by atoms with E-state index in [0.717, 1.165) is 6.42 Å². The molecule has 0 saturated heterocycles. The third-order valence-corrected chi connectivity index (χ3v) is 5.41. The van der Waals surface area contributed by atoms with Crippen LogP contribution in [0, 0.1) is 6.92 Å². The molecular weight excluding hydrogens is 290 g/mol. The predicted molar refractivity (Wildman–Crippen MR) is 71.7 cm³/mol. The van der Waals surface area contributed by atoms with Crippen molar-refractivity contribution < 1.29 is 0 Å². The molecule has 0 bridgehead atoms. The number of hydrogen-bond donors (Lipinski definition) is 1. The van der Waals surface area contributed by atoms with E-state index < -0.39 is 0 Å². The maximum Gasteiger partial charge on any atom is 0.0731 e. The zero-order chi connectivity index (χ0) is 10.8. The predicted octanol–water partition coefficient (Wildman–Crippen LogP) is 4.12. The van der Waals surface area contributed by atoms with E-state index in [9.17, 15) is 0 Å². The zero-order valence-corrected chi connectivity index (χ0v) is 11.6. The minimum atomic E-state index is 0.124. The summed E-state index contributed by atoms with van der Waals surface area (Å²) in [6, 6.07) is 6.51. The maximum atomic E-state index is 6.16. The fourth-order valence-electron chi connectivity index (χ4n) is 1.41. The van der Waals surface area contributed by atoms with Crippen molar-refractivity contribution in [3.63, 3.8) is 0 Å². The Balaban J connectivity index is 2.11. The Kier molecular flexibility index (Phi) is 3.61. The summed E-state index contributed by atoms with van der Waals surface area (Å²) >= 11 is 7.04. The van der Waals surface area contributed by atoms with Crippen LogP contribution in [0.2, 0.25) is 0 Å². The molecule has 0 aliphatic carbocycles. The largest absolute Gasteiger partial charge is 0.323 e. The van der Waals surface area contributed by atoms with Gasteiger partial charge in [-0.1, -0.05) is 6.07 Å². The SMILES string of the molecule is Cc1cc(C(N)Cc2cccs2)sc1Br. The second-order valence-corrected chi connectivity index (χ2v) is 6.93.